The van der Waals surface area contributed by atoms with Gasteiger partial charge in [0.2, 0.25) is 11.8 Å². The summed E-state index contributed by atoms with van der Waals surface area (Å²) in [6.07, 6.45) is 4.10. The molecule has 5 rings (SSSR count). The van der Waals surface area contributed by atoms with Crippen molar-refractivity contribution in [1.29, 1.82) is 0 Å². The van der Waals surface area contributed by atoms with Gasteiger partial charge in [0.25, 0.3) is 0 Å². The van der Waals surface area contributed by atoms with E-state index in [9.17, 15) is 4.79 Å². The number of anilines is 1. The molecule has 1 aromatic carbocycles. The lowest BCUT2D eigenvalue weighted by Gasteiger charge is -2.28. The largest absolute Gasteiger partial charge is 0.473 e. The van der Waals surface area contributed by atoms with Gasteiger partial charge in [0, 0.05) is 48.8 Å². The Morgan fingerprint density at radius 1 is 1.23 bits per heavy atom. The molecular formula is C23H27N5O3. The van der Waals surface area contributed by atoms with Crippen molar-refractivity contribution in [2.24, 2.45) is 5.92 Å². The molecule has 0 radical (unpaired) electrons. The van der Waals surface area contributed by atoms with E-state index in [0.717, 1.165) is 48.6 Å². The Morgan fingerprint density at radius 3 is 2.71 bits per heavy atom. The first-order valence-corrected chi connectivity index (χ1v) is 10.8. The fourth-order valence-corrected chi connectivity index (χ4v) is 4.24. The van der Waals surface area contributed by atoms with Crippen LogP contribution in [0.5, 0.6) is 5.88 Å². The molecule has 2 saturated heterocycles. The molecule has 2 atom stereocenters. The SMILES string of the molecule is Cc1cnn2cc(-c3ccc(N4CCOCC4)cc3)nc(O[C@H](C)C3CNC(=O)C3)c12. The van der Waals surface area contributed by atoms with Gasteiger partial charge < -0.3 is 19.7 Å². The monoisotopic (exact) mass is 421 g/mol. The summed E-state index contributed by atoms with van der Waals surface area (Å²) in [6, 6.07) is 8.42. The van der Waals surface area contributed by atoms with Crippen LogP contribution in [0.1, 0.15) is 18.9 Å². The predicted molar refractivity (Wildman–Crippen MR) is 117 cm³/mol. The quantitative estimate of drug-likeness (QED) is 0.682. The third-order valence-electron chi connectivity index (χ3n) is 6.16. The molecule has 31 heavy (non-hydrogen) atoms. The minimum Gasteiger partial charge on any atom is -0.473 e. The van der Waals surface area contributed by atoms with Crippen molar-refractivity contribution in [2.45, 2.75) is 26.4 Å². The molecule has 1 amide bonds. The van der Waals surface area contributed by atoms with Crippen LogP contribution in [0.15, 0.2) is 36.7 Å². The summed E-state index contributed by atoms with van der Waals surface area (Å²) in [5.74, 6) is 0.763. The number of nitrogens with one attached hydrogen (secondary N) is 1. The molecule has 1 N–H and O–H groups in total. The van der Waals surface area contributed by atoms with Gasteiger partial charge in [-0.25, -0.2) is 9.50 Å². The van der Waals surface area contributed by atoms with Crippen molar-refractivity contribution in [1.82, 2.24) is 19.9 Å². The summed E-state index contributed by atoms with van der Waals surface area (Å²) in [4.78, 5) is 18.8. The second-order valence-electron chi connectivity index (χ2n) is 8.29. The lowest BCUT2D eigenvalue weighted by molar-refractivity contribution is -0.119. The van der Waals surface area contributed by atoms with E-state index in [2.05, 4.69) is 39.6 Å². The van der Waals surface area contributed by atoms with Crippen LogP contribution in [0, 0.1) is 12.8 Å². The van der Waals surface area contributed by atoms with Crippen molar-refractivity contribution < 1.29 is 14.3 Å². The smallest absolute Gasteiger partial charge is 0.241 e. The molecule has 0 saturated carbocycles. The van der Waals surface area contributed by atoms with E-state index >= 15 is 0 Å². The van der Waals surface area contributed by atoms with Gasteiger partial charge in [-0.1, -0.05) is 12.1 Å². The van der Waals surface area contributed by atoms with Gasteiger partial charge in [0.05, 0.1) is 31.3 Å². The highest BCUT2D eigenvalue weighted by atomic mass is 16.5. The summed E-state index contributed by atoms with van der Waals surface area (Å²) in [5, 5.41) is 7.36. The second-order valence-corrected chi connectivity index (χ2v) is 8.29. The van der Waals surface area contributed by atoms with E-state index in [1.807, 2.05) is 30.8 Å². The van der Waals surface area contributed by atoms with Gasteiger partial charge in [0.15, 0.2) is 0 Å². The number of fused-ring (bicyclic) bond motifs is 1. The van der Waals surface area contributed by atoms with E-state index in [1.165, 1.54) is 5.69 Å². The number of aryl methyl sites for hydroxylation is 1. The van der Waals surface area contributed by atoms with Crippen molar-refractivity contribution in [3.63, 3.8) is 0 Å². The van der Waals surface area contributed by atoms with Crippen LogP contribution in [0.4, 0.5) is 5.69 Å². The summed E-state index contributed by atoms with van der Waals surface area (Å²) in [6.45, 7) is 7.98. The number of carbonyl (C=O) groups is 1. The Bertz CT molecular complexity index is 1090. The zero-order chi connectivity index (χ0) is 21.4. The maximum Gasteiger partial charge on any atom is 0.241 e. The van der Waals surface area contributed by atoms with Crippen molar-refractivity contribution in [3.8, 4) is 17.1 Å². The van der Waals surface area contributed by atoms with E-state index < -0.39 is 0 Å². The van der Waals surface area contributed by atoms with E-state index in [4.69, 9.17) is 14.5 Å². The highest BCUT2D eigenvalue weighted by Gasteiger charge is 2.29. The number of ether oxygens (including phenoxy) is 2. The van der Waals surface area contributed by atoms with Crippen LogP contribution < -0.4 is 15.0 Å². The van der Waals surface area contributed by atoms with Crippen molar-refractivity contribution in [3.05, 3.63) is 42.2 Å². The van der Waals surface area contributed by atoms with Gasteiger partial charge in [-0.15, -0.1) is 0 Å². The number of hydrogen-bond acceptors (Lipinski definition) is 6. The number of hydrogen-bond donors (Lipinski definition) is 1. The predicted octanol–water partition coefficient (Wildman–Crippen LogP) is 2.44. The summed E-state index contributed by atoms with van der Waals surface area (Å²) in [7, 11) is 0. The van der Waals surface area contributed by atoms with Crippen LogP contribution in [0.3, 0.4) is 0 Å². The highest BCUT2D eigenvalue weighted by molar-refractivity contribution is 5.78. The fourth-order valence-electron chi connectivity index (χ4n) is 4.24. The summed E-state index contributed by atoms with van der Waals surface area (Å²) >= 11 is 0. The number of aromatic nitrogens is 3. The Labute approximate surface area is 181 Å². The average Bonchev–Trinajstić information content (AvgIpc) is 3.40. The van der Waals surface area contributed by atoms with Crippen LogP contribution in [-0.2, 0) is 9.53 Å². The Hall–Kier alpha value is -3.13. The first kappa shape index (κ1) is 19.8. The molecule has 2 fully saturated rings. The molecule has 8 nitrogen and oxygen atoms in total. The molecule has 2 aliphatic rings. The molecule has 3 aromatic rings. The first-order chi connectivity index (χ1) is 15.1. The molecular weight excluding hydrogens is 394 g/mol. The lowest BCUT2D eigenvalue weighted by Crippen LogP contribution is -2.36. The molecule has 1 unspecified atom stereocenters. The van der Waals surface area contributed by atoms with Crippen LogP contribution >= 0.6 is 0 Å². The number of morpholine rings is 1. The molecule has 0 aliphatic carbocycles. The molecule has 8 heteroatoms. The Kier molecular flexibility index (Phi) is 5.23. The molecule has 4 heterocycles. The van der Waals surface area contributed by atoms with E-state index in [-0.39, 0.29) is 17.9 Å². The van der Waals surface area contributed by atoms with E-state index in [0.29, 0.717) is 18.8 Å². The van der Waals surface area contributed by atoms with E-state index in [1.54, 1.807) is 0 Å². The fraction of sp³-hybridized carbons (Fsp3) is 0.435. The maximum absolute atomic E-state index is 11.6. The number of nitrogens with zero attached hydrogens (tertiary/aromatic N) is 4. The third-order valence-corrected chi connectivity index (χ3v) is 6.16. The maximum atomic E-state index is 11.6. The lowest BCUT2D eigenvalue weighted by atomic mass is 10.0. The molecule has 0 spiro atoms. The van der Waals surface area contributed by atoms with Crippen molar-refractivity contribution in [2.75, 3.05) is 37.7 Å². The summed E-state index contributed by atoms with van der Waals surface area (Å²) in [5.41, 5.74) is 4.85. The minimum atomic E-state index is -0.136. The average molecular weight is 422 g/mol. The number of benzene rings is 1. The van der Waals surface area contributed by atoms with Gasteiger partial charge in [-0.3, -0.25) is 4.79 Å². The number of amides is 1. The van der Waals surface area contributed by atoms with Crippen LogP contribution in [-0.4, -0.2) is 59.5 Å². The van der Waals surface area contributed by atoms with Crippen LogP contribution in [0.2, 0.25) is 0 Å². The number of carbonyl (C=O) groups excluding carboxylic acids is 1. The molecule has 0 bridgehead atoms. The van der Waals surface area contributed by atoms with Crippen LogP contribution in [0.25, 0.3) is 16.8 Å². The first-order valence-electron chi connectivity index (χ1n) is 10.8. The Morgan fingerprint density at radius 2 is 2.00 bits per heavy atom. The zero-order valence-corrected chi connectivity index (χ0v) is 17.9. The molecule has 2 aliphatic heterocycles. The van der Waals surface area contributed by atoms with Gasteiger partial charge in [-0.2, -0.15) is 5.10 Å². The Balaban J connectivity index is 1.44. The molecule has 2 aromatic heterocycles. The molecule has 162 valence electrons. The topological polar surface area (TPSA) is 81.0 Å². The van der Waals surface area contributed by atoms with Gasteiger partial charge in [-0.05, 0) is 26.0 Å². The second kappa shape index (κ2) is 8.19. The highest BCUT2D eigenvalue weighted by Crippen LogP contribution is 2.30. The normalized spacial score (nSPS) is 20.1. The standard InChI is InChI=1S/C23H27N5O3/c1-15-12-25-28-14-20(17-3-5-19(6-4-17)27-7-9-30-10-8-27)26-23(22(15)28)31-16(2)18-11-21(29)24-13-18/h3-6,12,14,16,18H,7-11,13H2,1-2H3,(H,24,29)/t16-,18?/m1/s1. The van der Waals surface area contributed by atoms with Gasteiger partial charge >= 0.3 is 0 Å². The summed E-state index contributed by atoms with van der Waals surface area (Å²) < 4.78 is 13.6. The minimum absolute atomic E-state index is 0.0770. The number of rotatable bonds is 5. The van der Waals surface area contributed by atoms with Gasteiger partial charge in [0.1, 0.15) is 11.6 Å². The van der Waals surface area contributed by atoms with Crippen molar-refractivity contribution >= 4 is 17.1 Å². The zero-order valence-electron chi connectivity index (χ0n) is 17.9. The third kappa shape index (κ3) is 3.95.